The van der Waals surface area contributed by atoms with Gasteiger partial charge in [-0.1, -0.05) is 30.3 Å². The number of urea groups is 1. The number of rotatable bonds is 9. The predicted molar refractivity (Wildman–Crippen MR) is 94.1 cm³/mol. The summed E-state index contributed by atoms with van der Waals surface area (Å²) in [5, 5.41) is 11.4. The number of carbonyl (C=O) groups excluding carboxylic acids is 1. The summed E-state index contributed by atoms with van der Waals surface area (Å²) in [6.07, 6.45) is 5.53. The smallest absolute Gasteiger partial charge is 0.317 e. The molecule has 1 heterocycles. The second kappa shape index (κ2) is 9.46. The Kier molecular flexibility index (Phi) is 7.00. The number of benzene rings is 1. The van der Waals surface area contributed by atoms with Gasteiger partial charge in [-0.3, -0.25) is 4.79 Å². The van der Waals surface area contributed by atoms with E-state index in [-0.39, 0.29) is 19.0 Å². The van der Waals surface area contributed by atoms with E-state index in [1.807, 2.05) is 29.0 Å². The topological polar surface area (TPSA) is 87.5 Å². The second-order valence-electron chi connectivity index (χ2n) is 5.85. The molecular weight excluding hydrogens is 320 g/mol. The molecule has 0 atom stereocenters. The van der Waals surface area contributed by atoms with Crippen LogP contribution in [0.1, 0.15) is 24.2 Å². The molecule has 0 saturated heterocycles. The van der Waals surface area contributed by atoms with Crippen molar-refractivity contribution in [2.75, 3.05) is 13.6 Å². The maximum absolute atomic E-state index is 11.9. The summed E-state index contributed by atoms with van der Waals surface area (Å²) in [6.45, 7) is 1.32. The van der Waals surface area contributed by atoms with Crippen molar-refractivity contribution in [3.8, 4) is 0 Å². The van der Waals surface area contributed by atoms with Crippen molar-refractivity contribution in [3.05, 3.63) is 54.1 Å². The van der Waals surface area contributed by atoms with Crippen LogP contribution in [0, 0.1) is 0 Å². The fourth-order valence-corrected chi connectivity index (χ4v) is 2.46. The average Bonchev–Trinajstić information content (AvgIpc) is 3.05. The first-order valence-electron chi connectivity index (χ1n) is 8.31. The first kappa shape index (κ1) is 18.5. The Morgan fingerprint density at radius 2 is 2.04 bits per heavy atom. The minimum atomic E-state index is -0.923. The summed E-state index contributed by atoms with van der Waals surface area (Å²) in [5.41, 5.74) is 1.30. The third-order valence-corrected chi connectivity index (χ3v) is 3.91. The molecule has 7 heteroatoms. The second-order valence-corrected chi connectivity index (χ2v) is 5.85. The summed E-state index contributed by atoms with van der Waals surface area (Å²) in [4.78, 5) is 28.1. The number of nitrogens with one attached hydrogen (secondary N) is 1. The SMILES string of the molecule is CN(CCC(=O)O)C(=O)NCc1nccn1CCCc1ccccc1. The standard InChI is InChI=1S/C18H24N4O3/c1-21(12-9-17(23)24)18(25)20-14-16-19-10-13-22(16)11-5-8-15-6-3-2-4-7-15/h2-4,6-7,10,13H,5,8-9,11-12,14H2,1H3,(H,20,25)(H,23,24). The molecule has 0 bridgehead atoms. The molecule has 0 fully saturated rings. The van der Waals surface area contributed by atoms with E-state index < -0.39 is 5.97 Å². The van der Waals surface area contributed by atoms with E-state index in [4.69, 9.17) is 5.11 Å². The van der Waals surface area contributed by atoms with Gasteiger partial charge in [-0.25, -0.2) is 9.78 Å². The zero-order chi connectivity index (χ0) is 18.1. The van der Waals surface area contributed by atoms with Gasteiger partial charge in [0, 0.05) is 32.5 Å². The summed E-state index contributed by atoms with van der Waals surface area (Å²) in [7, 11) is 1.57. The molecule has 2 amide bonds. The molecule has 0 aliphatic carbocycles. The van der Waals surface area contributed by atoms with Gasteiger partial charge in [-0.15, -0.1) is 0 Å². The lowest BCUT2D eigenvalue weighted by molar-refractivity contribution is -0.137. The largest absolute Gasteiger partial charge is 0.481 e. The Morgan fingerprint density at radius 1 is 1.28 bits per heavy atom. The molecule has 0 saturated carbocycles. The van der Waals surface area contributed by atoms with Crippen LogP contribution < -0.4 is 5.32 Å². The third-order valence-electron chi connectivity index (χ3n) is 3.91. The van der Waals surface area contributed by atoms with Gasteiger partial charge >= 0.3 is 12.0 Å². The normalized spacial score (nSPS) is 10.4. The first-order chi connectivity index (χ1) is 12.1. The summed E-state index contributed by atoms with van der Waals surface area (Å²) in [6, 6.07) is 10.0. The number of aryl methyl sites for hydroxylation is 2. The van der Waals surface area contributed by atoms with E-state index in [0.717, 1.165) is 25.2 Å². The number of carbonyl (C=O) groups is 2. The Labute approximate surface area is 147 Å². The van der Waals surface area contributed by atoms with Gasteiger partial charge in [-0.05, 0) is 18.4 Å². The fourth-order valence-electron chi connectivity index (χ4n) is 2.46. The minimum absolute atomic E-state index is 0.0714. The molecule has 1 aromatic heterocycles. The lowest BCUT2D eigenvalue weighted by atomic mass is 10.1. The Morgan fingerprint density at radius 3 is 2.76 bits per heavy atom. The summed E-state index contributed by atoms with van der Waals surface area (Å²) in [5.74, 6) is -0.137. The maximum Gasteiger partial charge on any atom is 0.317 e. The Bertz CT molecular complexity index is 685. The van der Waals surface area contributed by atoms with E-state index >= 15 is 0 Å². The highest BCUT2D eigenvalue weighted by Gasteiger charge is 2.11. The number of nitrogens with zero attached hydrogens (tertiary/aromatic N) is 3. The number of hydrogen-bond acceptors (Lipinski definition) is 3. The van der Waals surface area contributed by atoms with Crippen molar-refractivity contribution in [1.29, 1.82) is 0 Å². The zero-order valence-electron chi connectivity index (χ0n) is 14.4. The number of imidazole rings is 1. The van der Waals surface area contributed by atoms with Crippen molar-refractivity contribution in [1.82, 2.24) is 19.8 Å². The predicted octanol–water partition coefficient (Wildman–Crippen LogP) is 2.13. The maximum atomic E-state index is 11.9. The van der Waals surface area contributed by atoms with Gasteiger partial charge < -0.3 is 19.9 Å². The van der Waals surface area contributed by atoms with Crippen molar-refractivity contribution < 1.29 is 14.7 Å². The van der Waals surface area contributed by atoms with Crippen LogP contribution in [0.15, 0.2) is 42.7 Å². The van der Waals surface area contributed by atoms with Gasteiger partial charge in [0.2, 0.25) is 0 Å². The lowest BCUT2D eigenvalue weighted by Gasteiger charge is -2.17. The van der Waals surface area contributed by atoms with Crippen LogP contribution in [0.5, 0.6) is 0 Å². The molecule has 0 aliphatic heterocycles. The molecule has 0 spiro atoms. The van der Waals surface area contributed by atoms with Crippen LogP contribution >= 0.6 is 0 Å². The number of carboxylic acids is 1. The van der Waals surface area contributed by atoms with Crippen LogP contribution in [-0.2, 0) is 24.3 Å². The Balaban J connectivity index is 1.77. The molecule has 2 N–H and O–H groups in total. The molecule has 2 aromatic rings. The van der Waals surface area contributed by atoms with Crippen LogP contribution in [0.4, 0.5) is 4.79 Å². The van der Waals surface area contributed by atoms with Gasteiger partial charge in [0.05, 0.1) is 13.0 Å². The summed E-state index contributed by atoms with van der Waals surface area (Å²) < 4.78 is 2.03. The van der Waals surface area contributed by atoms with E-state index in [1.165, 1.54) is 10.5 Å². The number of hydrogen-bond donors (Lipinski definition) is 2. The van der Waals surface area contributed by atoms with E-state index in [9.17, 15) is 9.59 Å². The van der Waals surface area contributed by atoms with Gasteiger partial charge in [0.15, 0.2) is 0 Å². The molecular formula is C18H24N4O3. The van der Waals surface area contributed by atoms with Crippen LogP contribution in [0.25, 0.3) is 0 Å². The van der Waals surface area contributed by atoms with Gasteiger partial charge in [0.25, 0.3) is 0 Å². The van der Waals surface area contributed by atoms with Crippen LogP contribution in [0.2, 0.25) is 0 Å². The summed E-state index contributed by atoms with van der Waals surface area (Å²) >= 11 is 0. The number of amides is 2. The number of carboxylic acid groups (broad SMARTS) is 1. The van der Waals surface area contributed by atoms with Crippen molar-refractivity contribution >= 4 is 12.0 Å². The quantitative estimate of drug-likeness (QED) is 0.729. The molecule has 7 nitrogen and oxygen atoms in total. The van der Waals surface area contributed by atoms with Crippen LogP contribution in [0.3, 0.4) is 0 Å². The lowest BCUT2D eigenvalue weighted by Crippen LogP contribution is -2.38. The highest BCUT2D eigenvalue weighted by molar-refractivity contribution is 5.74. The molecule has 0 radical (unpaired) electrons. The molecule has 0 aliphatic rings. The van der Waals surface area contributed by atoms with Gasteiger partial charge in [-0.2, -0.15) is 0 Å². The zero-order valence-corrected chi connectivity index (χ0v) is 14.4. The average molecular weight is 344 g/mol. The van der Waals surface area contributed by atoms with E-state index in [2.05, 4.69) is 22.4 Å². The van der Waals surface area contributed by atoms with E-state index in [0.29, 0.717) is 6.54 Å². The highest BCUT2D eigenvalue weighted by Crippen LogP contribution is 2.06. The molecule has 0 unspecified atom stereocenters. The first-order valence-corrected chi connectivity index (χ1v) is 8.31. The van der Waals surface area contributed by atoms with Gasteiger partial charge in [0.1, 0.15) is 5.82 Å². The van der Waals surface area contributed by atoms with Crippen LogP contribution in [-0.4, -0.2) is 45.2 Å². The van der Waals surface area contributed by atoms with Crippen molar-refractivity contribution in [2.45, 2.75) is 32.4 Å². The molecule has 134 valence electrons. The van der Waals surface area contributed by atoms with Crippen molar-refractivity contribution in [3.63, 3.8) is 0 Å². The Hall–Kier alpha value is -2.83. The number of aromatic nitrogens is 2. The molecule has 25 heavy (non-hydrogen) atoms. The monoisotopic (exact) mass is 344 g/mol. The third kappa shape index (κ3) is 6.29. The number of aliphatic carboxylic acids is 1. The molecule has 2 rings (SSSR count). The van der Waals surface area contributed by atoms with E-state index in [1.54, 1.807) is 13.2 Å². The fraction of sp³-hybridized carbons (Fsp3) is 0.389. The minimum Gasteiger partial charge on any atom is -0.481 e. The van der Waals surface area contributed by atoms with Crippen molar-refractivity contribution in [2.24, 2.45) is 0 Å². The highest BCUT2D eigenvalue weighted by atomic mass is 16.4. The molecule has 1 aromatic carbocycles.